The summed E-state index contributed by atoms with van der Waals surface area (Å²) in [5.74, 6) is 2.57. The quantitative estimate of drug-likeness (QED) is 0.862. The molecule has 1 aromatic heterocycles. The van der Waals surface area contributed by atoms with Crippen molar-refractivity contribution in [2.75, 3.05) is 6.26 Å². The highest BCUT2D eigenvalue weighted by atomic mass is 79.9. The summed E-state index contributed by atoms with van der Waals surface area (Å²) in [5.41, 5.74) is 1.24. The van der Waals surface area contributed by atoms with Gasteiger partial charge in [0, 0.05) is 11.6 Å². The van der Waals surface area contributed by atoms with Gasteiger partial charge < -0.3 is 4.98 Å². The summed E-state index contributed by atoms with van der Waals surface area (Å²) in [5, 5.41) is 0. The zero-order valence-corrected chi connectivity index (χ0v) is 11.1. The summed E-state index contributed by atoms with van der Waals surface area (Å²) in [4.78, 5) is 7.70. The molecule has 0 unspecified atom stereocenters. The minimum atomic E-state index is 0.676. The molecular weight excluding hydrogens is 280 g/mol. The normalized spacial score (nSPS) is 15.9. The van der Waals surface area contributed by atoms with Crippen LogP contribution >= 0.6 is 39.9 Å². The van der Waals surface area contributed by atoms with Crippen LogP contribution in [-0.2, 0) is 5.75 Å². The molecule has 0 aliphatic heterocycles. The Morgan fingerprint density at radius 3 is 2.93 bits per heavy atom. The smallest absolute Gasteiger partial charge is 0.144 e. The summed E-state index contributed by atoms with van der Waals surface area (Å²) in [6, 6.07) is 0. The Morgan fingerprint density at radius 2 is 2.36 bits per heavy atom. The number of nitrogens with zero attached hydrogens (tertiary/aromatic N) is 1. The number of H-pyrrole nitrogens is 1. The fourth-order valence-electron chi connectivity index (χ4n) is 1.38. The van der Waals surface area contributed by atoms with E-state index in [-0.39, 0.29) is 0 Å². The maximum absolute atomic E-state index is 5.20. The molecule has 2 rings (SSSR count). The van der Waals surface area contributed by atoms with E-state index in [2.05, 4.69) is 32.2 Å². The first-order valence-electron chi connectivity index (χ1n) is 4.50. The highest BCUT2D eigenvalue weighted by molar-refractivity contribution is 9.10. The summed E-state index contributed by atoms with van der Waals surface area (Å²) < 4.78 is 1.68. The Morgan fingerprint density at radius 1 is 1.64 bits per heavy atom. The molecule has 1 N–H and O–H groups in total. The molecule has 1 aliphatic carbocycles. The van der Waals surface area contributed by atoms with E-state index in [1.165, 1.54) is 18.5 Å². The summed E-state index contributed by atoms with van der Waals surface area (Å²) in [6.45, 7) is 0. The van der Waals surface area contributed by atoms with Crippen molar-refractivity contribution < 1.29 is 0 Å². The lowest BCUT2D eigenvalue weighted by molar-refractivity contribution is 0.913. The lowest BCUT2D eigenvalue weighted by Crippen LogP contribution is -1.99. The van der Waals surface area contributed by atoms with E-state index < -0.39 is 0 Å². The average Bonchev–Trinajstić information content (AvgIpc) is 2.94. The Hall–Kier alpha value is 0.130. The van der Waals surface area contributed by atoms with Crippen LogP contribution in [0.3, 0.4) is 0 Å². The molecule has 0 radical (unpaired) electrons. The molecule has 1 saturated carbocycles. The Bertz CT molecular complexity index is 398. The highest BCUT2D eigenvalue weighted by Gasteiger charge is 2.27. The molecule has 1 aliphatic rings. The molecule has 0 aromatic carbocycles. The van der Waals surface area contributed by atoms with Crippen LogP contribution in [0, 0.1) is 4.64 Å². The first kappa shape index (κ1) is 10.6. The van der Waals surface area contributed by atoms with Gasteiger partial charge in [-0.25, -0.2) is 4.98 Å². The van der Waals surface area contributed by atoms with Gasteiger partial charge in [-0.1, -0.05) is 12.2 Å². The number of halogens is 1. The number of hydrogen-bond acceptors (Lipinski definition) is 3. The number of hydrogen-bond donors (Lipinski definition) is 1. The molecule has 76 valence electrons. The maximum Gasteiger partial charge on any atom is 0.144 e. The van der Waals surface area contributed by atoms with Crippen LogP contribution in [0.2, 0.25) is 0 Å². The fourth-order valence-corrected chi connectivity index (χ4v) is 2.53. The zero-order valence-electron chi connectivity index (χ0n) is 7.84. The Kier molecular flexibility index (Phi) is 3.29. The van der Waals surface area contributed by atoms with Gasteiger partial charge in [-0.2, -0.15) is 11.8 Å². The second kappa shape index (κ2) is 4.33. The summed E-state index contributed by atoms with van der Waals surface area (Å²) in [6.07, 6.45) is 4.61. The SMILES string of the molecule is CSCc1nc(=S)c(Br)c(C2CC2)[nH]1. The molecule has 1 fully saturated rings. The van der Waals surface area contributed by atoms with Crippen molar-refractivity contribution in [2.24, 2.45) is 0 Å². The van der Waals surface area contributed by atoms with E-state index in [4.69, 9.17) is 12.2 Å². The van der Waals surface area contributed by atoms with Gasteiger partial charge >= 0.3 is 0 Å². The van der Waals surface area contributed by atoms with Gasteiger partial charge in [0.15, 0.2) is 0 Å². The van der Waals surface area contributed by atoms with Gasteiger partial charge in [0.2, 0.25) is 0 Å². The third-order valence-corrected chi connectivity index (χ3v) is 4.13. The van der Waals surface area contributed by atoms with Crippen molar-refractivity contribution in [3.8, 4) is 0 Å². The van der Waals surface area contributed by atoms with Crippen LogP contribution in [0.15, 0.2) is 4.47 Å². The standard InChI is InChI=1S/C9H11BrN2S2/c1-14-4-6-11-8(5-2-3-5)7(10)9(13)12-6/h5H,2-4H2,1H3,(H,11,12,13). The van der Waals surface area contributed by atoms with Gasteiger partial charge in [0.05, 0.1) is 10.2 Å². The van der Waals surface area contributed by atoms with Crippen LogP contribution in [-0.4, -0.2) is 16.2 Å². The fraction of sp³-hybridized carbons (Fsp3) is 0.556. The maximum atomic E-state index is 5.20. The molecule has 0 atom stereocenters. The predicted octanol–water partition coefficient (Wildman–Crippen LogP) is 3.64. The summed E-state index contributed by atoms with van der Waals surface area (Å²) in [7, 11) is 0. The van der Waals surface area contributed by atoms with Crippen LogP contribution in [0.25, 0.3) is 0 Å². The molecule has 14 heavy (non-hydrogen) atoms. The second-order valence-corrected chi connectivity index (χ2v) is 5.47. The van der Waals surface area contributed by atoms with E-state index in [0.717, 1.165) is 16.0 Å². The third kappa shape index (κ3) is 2.20. The summed E-state index contributed by atoms with van der Waals surface area (Å²) >= 11 is 10.5. The van der Waals surface area contributed by atoms with Gasteiger partial charge in [-0.05, 0) is 35.0 Å². The van der Waals surface area contributed by atoms with Crippen LogP contribution in [0.5, 0.6) is 0 Å². The highest BCUT2D eigenvalue weighted by Crippen LogP contribution is 2.42. The molecule has 0 bridgehead atoms. The largest absolute Gasteiger partial charge is 0.345 e. The number of rotatable bonds is 3. The second-order valence-electron chi connectivity index (χ2n) is 3.42. The number of thioether (sulfide) groups is 1. The minimum Gasteiger partial charge on any atom is -0.345 e. The van der Waals surface area contributed by atoms with Crippen LogP contribution < -0.4 is 0 Å². The van der Waals surface area contributed by atoms with Crippen LogP contribution in [0.4, 0.5) is 0 Å². The number of nitrogens with one attached hydrogen (secondary N) is 1. The minimum absolute atomic E-state index is 0.676. The monoisotopic (exact) mass is 290 g/mol. The zero-order chi connectivity index (χ0) is 10.1. The molecule has 0 spiro atoms. The third-order valence-electron chi connectivity index (χ3n) is 2.21. The topological polar surface area (TPSA) is 28.7 Å². The Balaban J connectivity index is 2.41. The van der Waals surface area contributed by atoms with Crippen LogP contribution in [0.1, 0.15) is 30.3 Å². The van der Waals surface area contributed by atoms with E-state index >= 15 is 0 Å². The van der Waals surface area contributed by atoms with E-state index in [0.29, 0.717) is 10.6 Å². The van der Waals surface area contributed by atoms with Gasteiger partial charge in [-0.15, -0.1) is 0 Å². The van der Waals surface area contributed by atoms with Crippen molar-refractivity contribution in [1.82, 2.24) is 9.97 Å². The molecule has 1 aromatic rings. The first-order valence-corrected chi connectivity index (χ1v) is 7.09. The van der Waals surface area contributed by atoms with Crippen molar-refractivity contribution in [3.05, 3.63) is 20.6 Å². The van der Waals surface area contributed by atoms with Crippen molar-refractivity contribution >= 4 is 39.9 Å². The predicted molar refractivity (Wildman–Crippen MR) is 66.3 cm³/mol. The molecule has 5 heteroatoms. The number of aromatic amines is 1. The molecule has 2 nitrogen and oxygen atoms in total. The molecular formula is C9H11BrN2S2. The van der Waals surface area contributed by atoms with Gasteiger partial charge in [0.1, 0.15) is 10.5 Å². The van der Waals surface area contributed by atoms with Crippen molar-refractivity contribution in [2.45, 2.75) is 24.5 Å². The van der Waals surface area contributed by atoms with Gasteiger partial charge in [0.25, 0.3) is 0 Å². The van der Waals surface area contributed by atoms with E-state index in [1.807, 2.05) is 0 Å². The lowest BCUT2D eigenvalue weighted by atomic mass is 10.3. The number of aromatic nitrogens is 2. The lowest BCUT2D eigenvalue weighted by Gasteiger charge is -2.06. The molecule has 1 heterocycles. The average molecular weight is 291 g/mol. The van der Waals surface area contributed by atoms with Gasteiger partial charge in [-0.3, -0.25) is 0 Å². The Labute approximate surface area is 101 Å². The van der Waals surface area contributed by atoms with E-state index in [9.17, 15) is 0 Å². The molecule has 0 amide bonds. The first-order chi connectivity index (χ1) is 6.72. The molecule has 0 saturated heterocycles. The van der Waals surface area contributed by atoms with E-state index in [1.54, 1.807) is 11.8 Å². The van der Waals surface area contributed by atoms with Crippen molar-refractivity contribution in [1.29, 1.82) is 0 Å². The van der Waals surface area contributed by atoms with Crippen molar-refractivity contribution in [3.63, 3.8) is 0 Å².